The van der Waals surface area contributed by atoms with Crippen molar-refractivity contribution in [2.45, 2.75) is 44.9 Å². The van der Waals surface area contributed by atoms with Gasteiger partial charge in [-0.05, 0) is 44.5 Å². The minimum absolute atomic E-state index is 0.0894. The van der Waals surface area contributed by atoms with E-state index in [9.17, 15) is 13.2 Å². The van der Waals surface area contributed by atoms with Gasteiger partial charge in [-0.25, -0.2) is 9.97 Å². The Hall–Kier alpha value is -2.10. The molecule has 1 saturated heterocycles. The summed E-state index contributed by atoms with van der Waals surface area (Å²) in [7, 11) is 0. The molecule has 2 aromatic heterocycles. The smallest absolute Gasteiger partial charge is 0.297 e. The average Bonchev–Trinajstić information content (AvgIpc) is 3.04. The maximum atomic E-state index is 13.4. The summed E-state index contributed by atoms with van der Waals surface area (Å²) >= 11 is 0. The van der Waals surface area contributed by atoms with Gasteiger partial charge >= 0.3 is 6.18 Å². The Kier molecular flexibility index (Phi) is 3.78. The van der Waals surface area contributed by atoms with Crippen LogP contribution in [0.3, 0.4) is 0 Å². The summed E-state index contributed by atoms with van der Waals surface area (Å²) in [6.45, 7) is 3.99. The van der Waals surface area contributed by atoms with Gasteiger partial charge in [0.05, 0.1) is 5.69 Å². The van der Waals surface area contributed by atoms with Gasteiger partial charge in [0.2, 0.25) is 5.82 Å². The van der Waals surface area contributed by atoms with Gasteiger partial charge in [0, 0.05) is 5.69 Å². The SMILES string of the molecule is Cc1cc(Cn2nnc(C3(C(F)(F)F)CCCN3)n2)nc(C)n1. The molecule has 3 heterocycles. The van der Waals surface area contributed by atoms with Crippen molar-refractivity contribution in [1.82, 2.24) is 35.5 Å². The molecule has 1 aliphatic rings. The van der Waals surface area contributed by atoms with Crippen molar-refractivity contribution in [3.8, 4) is 0 Å². The van der Waals surface area contributed by atoms with Crippen LogP contribution >= 0.6 is 0 Å². The van der Waals surface area contributed by atoms with Crippen LogP contribution in [0.2, 0.25) is 0 Å². The lowest BCUT2D eigenvalue weighted by atomic mass is 9.96. The second-order valence-corrected chi connectivity index (χ2v) is 5.62. The predicted octanol–water partition coefficient (Wildman–Crippen LogP) is 1.27. The normalized spacial score (nSPS) is 21.8. The minimum atomic E-state index is -4.47. The number of hydrogen-bond donors (Lipinski definition) is 1. The zero-order chi connectivity index (χ0) is 16.7. The van der Waals surface area contributed by atoms with E-state index in [-0.39, 0.29) is 25.3 Å². The van der Waals surface area contributed by atoms with Crippen molar-refractivity contribution in [1.29, 1.82) is 0 Å². The molecule has 10 heteroatoms. The van der Waals surface area contributed by atoms with Crippen molar-refractivity contribution in [2.75, 3.05) is 6.54 Å². The van der Waals surface area contributed by atoms with Crippen molar-refractivity contribution < 1.29 is 13.2 Å². The van der Waals surface area contributed by atoms with Crippen molar-refractivity contribution >= 4 is 0 Å². The van der Waals surface area contributed by atoms with E-state index < -0.39 is 11.7 Å². The van der Waals surface area contributed by atoms with Crippen LogP contribution in [0.15, 0.2) is 6.07 Å². The van der Waals surface area contributed by atoms with E-state index in [2.05, 4.69) is 30.7 Å². The summed E-state index contributed by atoms with van der Waals surface area (Å²) in [4.78, 5) is 9.51. The van der Waals surface area contributed by atoms with E-state index in [1.54, 1.807) is 13.0 Å². The fourth-order valence-corrected chi connectivity index (χ4v) is 2.80. The molecule has 0 spiro atoms. The monoisotopic (exact) mass is 327 g/mol. The summed E-state index contributed by atoms with van der Waals surface area (Å²) in [5, 5.41) is 13.8. The molecular weight excluding hydrogens is 311 g/mol. The second kappa shape index (κ2) is 5.52. The van der Waals surface area contributed by atoms with Gasteiger partial charge in [-0.1, -0.05) is 0 Å². The van der Waals surface area contributed by atoms with E-state index >= 15 is 0 Å². The van der Waals surface area contributed by atoms with Crippen LogP contribution in [0.5, 0.6) is 0 Å². The Morgan fingerprint density at radius 1 is 1.30 bits per heavy atom. The fourth-order valence-electron chi connectivity index (χ4n) is 2.80. The second-order valence-electron chi connectivity index (χ2n) is 5.62. The third-order valence-corrected chi connectivity index (χ3v) is 3.80. The first-order chi connectivity index (χ1) is 10.8. The molecular formula is C13H16F3N7. The van der Waals surface area contributed by atoms with E-state index in [0.29, 0.717) is 17.9 Å². The van der Waals surface area contributed by atoms with Gasteiger partial charge < -0.3 is 0 Å². The summed E-state index contributed by atoms with van der Waals surface area (Å²) < 4.78 is 40.3. The quantitative estimate of drug-likeness (QED) is 0.914. The van der Waals surface area contributed by atoms with Gasteiger partial charge in [0.15, 0.2) is 5.54 Å². The Morgan fingerprint density at radius 3 is 2.70 bits per heavy atom. The summed E-state index contributed by atoms with van der Waals surface area (Å²) in [5.41, 5.74) is -0.806. The highest BCUT2D eigenvalue weighted by atomic mass is 19.4. The number of nitrogens with one attached hydrogen (secondary N) is 1. The minimum Gasteiger partial charge on any atom is -0.297 e. The van der Waals surface area contributed by atoms with Crippen LogP contribution in [0, 0.1) is 13.8 Å². The zero-order valence-electron chi connectivity index (χ0n) is 12.7. The van der Waals surface area contributed by atoms with E-state index in [4.69, 9.17) is 0 Å². The predicted molar refractivity (Wildman–Crippen MR) is 73.4 cm³/mol. The van der Waals surface area contributed by atoms with Crippen LogP contribution in [0.4, 0.5) is 13.2 Å². The molecule has 1 fully saturated rings. The Balaban J connectivity index is 1.88. The summed E-state index contributed by atoms with van der Waals surface area (Å²) in [6, 6.07) is 1.74. The molecule has 0 saturated carbocycles. The highest BCUT2D eigenvalue weighted by Crippen LogP contribution is 2.43. The van der Waals surface area contributed by atoms with Crippen LogP contribution < -0.4 is 5.32 Å². The number of aromatic nitrogens is 6. The van der Waals surface area contributed by atoms with Crippen LogP contribution in [0.25, 0.3) is 0 Å². The molecule has 0 aliphatic carbocycles. The number of halogens is 3. The van der Waals surface area contributed by atoms with Crippen LogP contribution in [-0.2, 0) is 12.1 Å². The lowest BCUT2D eigenvalue weighted by Gasteiger charge is -2.28. The molecule has 0 aromatic carbocycles. The molecule has 1 unspecified atom stereocenters. The molecule has 124 valence electrons. The molecule has 23 heavy (non-hydrogen) atoms. The highest BCUT2D eigenvalue weighted by Gasteiger charge is 2.60. The number of alkyl halides is 3. The first kappa shape index (κ1) is 15.8. The third kappa shape index (κ3) is 2.90. The third-order valence-electron chi connectivity index (χ3n) is 3.80. The first-order valence-corrected chi connectivity index (χ1v) is 7.21. The largest absolute Gasteiger partial charge is 0.414 e. The lowest BCUT2D eigenvalue weighted by molar-refractivity contribution is -0.198. The van der Waals surface area contributed by atoms with Gasteiger partial charge in [-0.2, -0.15) is 18.0 Å². The summed E-state index contributed by atoms with van der Waals surface area (Å²) in [6.07, 6.45) is -4.15. The number of aryl methyl sites for hydroxylation is 2. The number of hydrogen-bond acceptors (Lipinski definition) is 6. The molecule has 0 radical (unpaired) electrons. The molecule has 2 aromatic rings. The molecule has 1 atom stereocenters. The number of rotatable bonds is 3. The maximum Gasteiger partial charge on any atom is 0.414 e. The Bertz CT molecular complexity index is 684. The number of nitrogens with zero attached hydrogens (tertiary/aromatic N) is 6. The van der Waals surface area contributed by atoms with Crippen molar-refractivity contribution in [2.24, 2.45) is 0 Å². The standard InChI is InChI=1S/C13H16F3N7/c1-8-6-10(19-9(2)18-8)7-23-21-11(20-22-23)12(13(14,15)16)4-3-5-17-12/h6,17H,3-5,7H2,1-2H3. The van der Waals surface area contributed by atoms with E-state index in [1.807, 2.05) is 6.92 Å². The fraction of sp³-hybridized carbons (Fsp3) is 0.615. The van der Waals surface area contributed by atoms with Gasteiger partial charge in [-0.15, -0.1) is 10.2 Å². The van der Waals surface area contributed by atoms with Gasteiger partial charge in [0.1, 0.15) is 12.4 Å². The lowest BCUT2D eigenvalue weighted by Crippen LogP contribution is -2.50. The topological polar surface area (TPSA) is 81.4 Å². The molecule has 1 aliphatic heterocycles. The zero-order valence-corrected chi connectivity index (χ0v) is 12.7. The molecule has 0 amide bonds. The summed E-state index contributed by atoms with van der Waals surface area (Å²) in [5.74, 6) is 0.245. The van der Waals surface area contributed by atoms with Crippen LogP contribution in [-0.4, -0.2) is 42.9 Å². The molecule has 1 N–H and O–H groups in total. The Morgan fingerprint density at radius 2 is 2.09 bits per heavy atom. The first-order valence-electron chi connectivity index (χ1n) is 7.21. The highest BCUT2D eigenvalue weighted by molar-refractivity contribution is 5.12. The van der Waals surface area contributed by atoms with E-state index in [0.717, 1.165) is 10.5 Å². The molecule has 3 rings (SSSR count). The maximum absolute atomic E-state index is 13.4. The molecule has 7 nitrogen and oxygen atoms in total. The van der Waals surface area contributed by atoms with E-state index in [1.165, 1.54) is 0 Å². The van der Waals surface area contributed by atoms with Crippen molar-refractivity contribution in [3.05, 3.63) is 29.1 Å². The number of tetrazole rings is 1. The molecule has 0 bridgehead atoms. The van der Waals surface area contributed by atoms with Gasteiger partial charge in [0.25, 0.3) is 0 Å². The van der Waals surface area contributed by atoms with Gasteiger partial charge in [-0.3, -0.25) is 5.32 Å². The van der Waals surface area contributed by atoms with Crippen LogP contribution in [0.1, 0.15) is 35.9 Å². The van der Waals surface area contributed by atoms with Crippen molar-refractivity contribution in [3.63, 3.8) is 0 Å². The average molecular weight is 327 g/mol. The Labute approximate surface area is 130 Å².